The normalized spacial score (nSPS) is 9.62. The van der Waals surface area contributed by atoms with Gasteiger partial charge in [-0.05, 0) is 0 Å². The Balaban J connectivity index is 2.50. The van der Waals surface area contributed by atoms with Gasteiger partial charge in [-0.25, -0.2) is 0 Å². The number of aryl methyl sites for hydroxylation is 1. The summed E-state index contributed by atoms with van der Waals surface area (Å²) in [7, 11) is 0. The highest BCUT2D eigenvalue weighted by Crippen LogP contribution is 1.85. The van der Waals surface area contributed by atoms with Gasteiger partial charge in [-0.15, -0.1) is 10.2 Å². The van der Waals surface area contributed by atoms with Crippen LogP contribution in [0.3, 0.4) is 0 Å². The van der Waals surface area contributed by atoms with Crippen molar-refractivity contribution in [1.29, 1.82) is 0 Å². The Morgan fingerprint density at radius 3 is 2.50 bits per heavy atom. The lowest BCUT2D eigenvalue weighted by Crippen LogP contribution is -1.93. The third-order valence-electron chi connectivity index (χ3n) is 0.809. The zero-order valence-corrected chi connectivity index (χ0v) is 5.87. The van der Waals surface area contributed by atoms with Gasteiger partial charge >= 0.3 is 0 Å². The zero-order valence-electron chi connectivity index (χ0n) is 4.29. The summed E-state index contributed by atoms with van der Waals surface area (Å²) in [6, 6.07) is 0. The van der Waals surface area contributed by atoms with Crippen LogP contribution in [-0.2, 0) is 6.54 Å². The quantitative estimate of drug-likeness (QED) is 0.620. The Kier molecular flexibility index (Phi) is 2.02. The Morgan fingerprint density at radius 2 is 2.00 bits per heavy atom. The molecule has 0 bridgehead atoms. The van der Waals surface area contributed by atoms with Crippen LogP contribution in [0.4, 0.5) is 0 Å². The van der Waals surface area contributed by atoms with Gasteiger partial charge in [-0.3, -0.25) is 0 Å². The molecule has 8 heavy (non-hydrogen) atoms. The molecule has 0 aliphatic carbocycles. The molecule has 44 valence electrons. The molecule has 1 aromatic rings. The Hall–Kier alpha value is -0.380. The highest BCUT2D eigenvalue weighted by atomic mass is 79.9. The first-order valence-corrected chi connectivity index (χ1v) is 3.44. The van der Waals surface area contributed by atoms with Crippen molar-refractivity contribution in [2.45, 2.75) is 6.54 Å². The van der Waals surface area contributed by atoms with Crippen LogP contribution in [-0.4, -0.2) is 20.1 Å². The monoisotopic (exact) mass is 175 g/mol. The van der Waals surface area contributed by atoms with Gasteiger partial charge in [0.25, 0.3) is 0 Å². The molecule has 0 aliphatic heterocycles. The molecule has 0 aromatic carbocycles. The first kappa shape index (κ1) is 5.75. The van der Waals surface area contributed by atoms with Crippen molar-refractivity contribution < 1.29 is 0 Å². The molecule has 0 unspecified atom stereocenters. The van der Waals surface area contributed by atoms with Crippen molar-refractivity contribution in [1.82, 2.24) is 14.8 Å². The van der Waals surface area contributed by atoms with E-state index in [1.165, 1.54) is 0 Å². The number of halogens is 1. The molecule has 0 atom stereocenters. The average Bonchev–Trinajstić information content (AvgIpc) is 2.19. The van der Waals surface area contributed by atoms with E-state index in [1.54, 1.807) is 12.7 Å². The fraction of sp³-hybridized carbons (Fsp3) is 0.500. The van der Waals surface area contributed by atoms with E-state index in [1.807, 2.05) is 4.57 Å². The van der Waals surface area contributed by atoms with Crippen molar-refractivity contribution >= 4 is 15.9 Å². The summed E-state index contributed by atoms with van der Waals surface area (Å²) in [5.41, 5.74) is 0. The van der Waals surface area contributed by atoms with Crippen LogP contribution in [0.5, 0.6) is 0 Å². The fourth-order valence-corrected chi connectivity index (χ4v) is 0.845. The summed E-state index contributed by atoms with van der Waals surface area (Å²) < 4.78 is 1.91. The summed E-state index contributed by atoms with van der Waals surface area (Å²) in [5.74, 6) is 0. The van der Waals surface area contributed by atoms with E-state index >= 15 is 0 Å². The van der Waals surface area contributed by atoms with Gasteiger partial charge in [0.05, 0.1) is 0 Å². The molecular formula is C4H6BrN3. The number of rotatable bonds is 2. The SMILES string of the molecule is BrCCn1cnnc1. The van der Waals surface area contributed by atoms with E-state index in [0.29, 0.717) is 0 Å². The number of hydrogen-bond donors (Lipinski definition) is 0. The minimum atomic E-state index is 0.938. The van der Waals surface area contributed by atoms with Crippen LogP contribution in [0, 0.1) is 0 Å². The molecule has 0 N–H and O–H groups in total. The molecule has 0 spiro atoms. The Bertz CT molecular complexity index is 137. The van der Waals surface area contributed by atoms with E-state index in [-0.39, 0.29) is 0 Å². The summed E-state index contributed by atoms with van der Waals surface area (Å²) in [4.78, 5) is 0. The van der Waals surface area contributed by atoms with Crippen LogP contribution >= 0.6 is 15.9 Å². The lowest BCUT2D eigenvalue weighted by Gasteiger charge is -1.90. The predicted octanol–water partition coefficient (Wildman–Crippen LogP) is 0.673. The standard InChI is InChI=1S/C4H6BrN3/c5-1-2-8-3-6-7-4-8/h3-4H,1-2H2. The first-order valence-electron chi connectivity index (χ1n) is 2.32. The molecule has 0 fully saturated rings. The van der Waals surface area contributed by atoms with Gasteiger partial charge in [0, 0.05) is 11.9 Å². The summed E-state index contributed by atoms with van der Waals surface area (Å²) >= 11 is 3.29. The van der Waals surface area contributed by atoms with Crippen LogP contribution in [0.2, 0.25) is 0 Å². The molecule has 0 aliphatic rings. The highest BCUT2D eigenvalue weighted by molar-refractivity contribution is 9.09. The Morgan fingerprint density at radius 1 is 1.38 bits per heavy atom. The number of alkyl halides is 1. The smallest absolute Gasteiger partial charge is 0.119 e. The second kappa shape index (κ2) is 2.81. The van der Waals surface area contributed by atoms with Gasteiger partial charge in [-0.2, -0.15) is 0 Å². The minimum Gasteiger partial charge on any atom is -0.319 e. The Labute approximate surface area is 55.9 Å². The molecule has 0 saturated carbocycles. The van der Waals surface area contributed by atoms with Crippen molar-refractivity contribution in [2.24, 2.45) is 0 Å². The maximum atomic E-state index is 3.63. The second-order valence-corrected chi connectivity index (χ2v) is 2.18. The third-order valence-corrected chi connectivity index (χ3v) is 1.16. The molecule has 0 radical (unpaired) electrons. The van der Waals surface area contributed by atoms with E-state index in [4.69, 9.17) is 0 Å². The van der Waals surface area contributed by atoms with Gasteiger partial charge in [0.15, 0.2) is 0 Å². The molecule has 1 heterocycles. The van der Waals surface area contributed by atoms with Crippen LogP contribution < -0.4 is 0 Å². The molecule has 0 amide bonds. The van der Waals surface area contributed by atoms with Crippen LogP contribution in [0.25, 0.3) is 0 Å². The molecule has 0 saturated heterocycles. The summed E-state index contributed by atoms with van der Waals surface area (Å²) in [6.07, 6.45) is 3.39. The predicted molar refractivity (Wildman–Crippen MR) is 33.8 cm³/mol. The largest absolute Gasteiger partial charge is 0.319 e. The van der Waals surface area contributed by atoms with Crippen LogP contribution in [0.1, 0.15) is 0 Å². The maximum absolute atomic E-state index is 3.63. The molecule has 1 rings (SSSR count). The van der Waals surface area contributed by atoms with Crippen LogP contribution in [0.15, 0.2) is 12.7 Å². The van der Waals surface area contributed by atoms with Gasteiger partial charge in [-0.1, -0.05) is 15.9 Å². The lowest BCUT2D eigenvalue weighted by molar-refractivity contribution is 0.771. The molecule has 3 nitrogen and oxygen atoms in total. The second-order valence-electron chi connectivity index (χ2n) is 1.39. The lowest BCUT2D eigenvalue weighted by atomic mass is 10.7. The van der Waals surface area contributed by atoms with Crippen molar-refractivity contribution in [3.05, 3.63) is 12.7 Å². The topological polar surface area (TPSA) is 30.7 Å². The van der Waals surface area contributed by atoms with Gasteiger partial charge in [0.2, 0.25) is 0 Å². The van der Waals surface area contributed by atoms with Crippen molar-refractivity contribution in [3.8, 4) is 0 Å². The van der Waals surface area contributed by atoms with E-state index in [9.17, 15) is 0 Å². The molecule has 4 heteroatoms. The zero-order chi connectivity index (χ0) is 5.82. The van der Waals surface area contributed by atoms with Gasteiger partial charge < -0.3 is 4.57 Å². The minimum absolute atomic E-state index is 0.938. The highest BCUT2D eigenvalue weighted by Gasteiger charge is 1.84. The fourth-order valence-electron chi connectivity index (χ4n) is 0.435. The van der Waals surface area contributed by atoms with E-state index in [0.717, 1.165) is 11.9 Å². The maximum Gasteiger partial charge on any atom is 0.119 e. The third kappa shape index (κ3) is 1.30. The summed E-state index contributed by atoms with van der Waals surface area (Å²) in [5, 5.41) is 8.22. The van der Waals surface area contributed by atoms with Crippen molar-refractivity contribution in [3.63, 3.8) is 0 Å². The molecular weight excluding hydrogens is 170 g/mol. The number of nitrogens with zero attached hydrogens (tertiary/aromatic N) is 3. The number of hydrogen-bond acceptors (Lipinski definition) is 2. The summed E-state index contributed by atoms with van der Waals surface area (Å²) in [6.45, 7) is 0.938. The first-order chi connectivity index (χ1) is 3.93. The van der Waals surface area contributed by atoms with Gasteiger partial charge in [0.1, 0.15) is 12.7 Å². The average molecular weight is 176 g/mol. The number of aromatic nitrogens is 3. The van der Waals surface area contributed by atoms with E-state index < -0.39 is 0 Å². The van der Waals surface area contributed by atoms with E-state index in [2.05, 4.69) is 26.1 Å². The molecule has 1 aromatic heterocycles. The van der Waals surface area contributed by atoms with Crippen molar-refractivity contribution in [2.75, 3.05) is 5.33 Å².